The van der Waals surface area contributed by atoms with Crippen molar-refractivity contribution in [3.63, 3.8) is 0 Å². The highest BCUT2D eigenvalue weighted by atomic mass is 19.4. The van der Waals surface area contributed by atoms with Crippen LogP contribution in [0.25, 0.3) is 6.08 Å². The number of fused-ring (bicyclic) bond motifs is 1. The van der Waals surface area contributed by atoms with Crippen LogP contribution in [0.2, 0.25) is 0 Å². The van der Waals surface area contributed by atoms with Gasteiger partial charge in [-0.05, 0) is 71.1 Å². The normalized spacial score (nSPS) is 18.4. The smallest absolute Gasteiger partial charge is 0.420 e. The van der Waals surface area contributed by atoms with Gasteiger partial charge in [-0.2, -0.15) is 13.2 Å². The zero-order valence-corrected chi connectivity index (χ0v) is 17.2. The molecule has 0 amide bonds. The second-order valence-corrected chi connectivity index (χ2v) is 7.72. The number of benzene rings is 3. The summed E-state index contributed by atoms with van der Waals surface area (Å²) in [6, 6.07) is 14.1. The second kappa shape index (κ2) is 8.27. The molecule has 0 saturated heterocycles. The molecule has 2 N–H and O–H groups in total. The fraction of sp³-hybridized carbons (Fsp3) is 0.160. The van der Waals surface area contributed by atoms with Gasteiger partial charge in [0.25, 0.3) is 0 Å². The van der Waals surface area contributed by atoms with Gasteiger partial charge in [-0.3, -0.25) is 0 Å². The van der Waals surface area contributed by atoms with Gasteiger partial charge in [-0.1, -0.05) is 30.3 Å². The molecule has 8 heteroatoms. The second-order valence-electron chi connectivity index (χ2n) is 7.72. The van der Waals surface area contributed by atoms with Crippen molar-refractivity contribution in [1.29, 1.82) is 0 Å². The Morgan fingerprint density at radius 2 is 1.67 bits per heavy atom. The fourth-order valence-corrected chi connectivity index (χ4v) is 4.41. The Balaban J connectivity index is 1.98. The molecular formula is C25H19F4NO3. The molecule has 170 valence electrons. The lowest BCUT2D eigenvalue weighted by molar-refractivity contribution is -0.179. The van der Waals surface area contributed by atoms with Crippen LogP contribution in [-0.4, -0.2) is 28.9 Å². The molecule has 1 heterocycles. The number of nitrogens with zero attached hydrogens (tertiary/aromatic N) is 1. The van der Waals surface area contributed by atoms with Crippen molar-refractivity contribution in [3.8, 4) is 5.75 Å². The van der Waals surface area contributed by atoms with E-state index in [2.05, 4.69) is 0 Å². The molecule has 0 unspecified atom stereocenters. The molecule has 0 radical (unpaired) electrons. The largest absolute Gasteiger partial charge is 0.508 e. The maximum absolute atomic E-state index is 15.2. The number of aliphatic carboxylic acids is 1. The van der Waals surface area contributed by atoms with Crippen molar-refractivity contribution in [2.75, 3.05) is 11.4 Å². The molecule has 1 aliphatic heterocycles. The van der Waals surface area contributed by atoms with E-state index in [1.54, 1.807) is 0 Å². The average molecular weight is 457 g/mol. The Hall–Kier alpha value is -3.81. The highest BCUT2D eigenvalue weighted by Crippen LogP contribution is 2.53. The van der Waals surface area contributed by atoms with E-state index in [1.807, 2.05) is 0 Å². The van der Waals surface area contributed by atoms with E-state index in [0.717, 1.165) is 18.2 Å². The predicted octanol–water partition coefficient (Wildman–Crippen LogP) is 5.50. The van der Waals surface area contributed by atoms with Gasteiger partial charge in [0, 0.05) is 18.3 Å². The van der Waals surface area contributed by atoms with Crippen molar-refractivity contribution >= 4 is 17.7 Å². The molecule has 0 aliphatic carbocycles. The number of hydrogen-bond donors (Lipinski definition) is 2. The molecule has 0 bridgehead atoms. The number of phenolic OH excluding ortho intramolecular Hbond substituents is 1. The summed E-state index contributed by atoms with van der Waals surface area (Å²) in [6.45, 7) is -0.0255. The highest BCUT2D eigenvalue weighted by Gasteiger charge is 2.63. The van der Waals surface area contributed by atoms with Gasteiger partial charge < -0.3 is 15.1 Å². The molecule has 1 aliphatic rings. The minimum atomic E-state index is -4.80. The Morgan fingerprint density at radius 3 is 2.27 bits per heavy atom. The van der Waals surface area contributed by atoms with Gasteiger partial charge in [0.05, 0.1) is 0 Å². The third kappa shape index (κ3) is 3.92. The number of carbonyl (C=O) groups is 1. The molecule has 1 atom stereocenters. The topological polar surface area (TPSA) is 60.8 Å². The van der Waals surface area contributed by atoms with E-state index in [1.165, 1.54) is 65.6 Å². The van der Waals surface area contributed by atoms with Crippen LogP contribution >= 0.6 is 0 Å². The number of anilines is 1. The number of hydrogen-bond acceptors (Lipinski definition) is 3. The van der Waals surface area contributed by atoms with Crippen LogP contribution < -0.4 is 4.90 Å². The van der Waals surface area contributed by atoms with Crippen LogP contribution in [-0.2, 0) is 16.8 Å². The van der Waals surface area contributed by atoms with Crippen LogP contribution in [0.15, 0.2) is 72.8 Å². The first-order valence-corrected chi connectivity index (χ1v) is 10.1. The van der Waals surface area contributed by atoms with Gasteiger partial charge >= 0.3 is 12.1 Å². The molecule has 4 nitrogen and oxygen atoms in total. The minimum absolute atomic E-state index is 0.0255. The van der Waals surface area contributed by atoms with Gasteiger partial charge in [-0.15, -0.1) is 0 Å². The van der Waals surface area contributed by atoms with E-state index in [-0.39, 0.29) is 35.5 Å². The van der Waals surface area contributed by atoms with E-state index >= 15 is 13.2 Å². The third-order valence-corrected chi connectivity index (χ3v) is 5.78. The van der Waals surface area contributed by atoms with Gasteiger partial charge in [0.15, 0.2) is 5.54 Å². The number of phenols is 1. The molecular weight excluding hydrogens is 438 g/mol. The number of carboxylic acid groups (broad SMARTS) is 1. The number of aromatic hydroxyl groups is 1. The molecule has 4 rings (SSSR count). The lowest BCUT2D eigenvalue weighted by Gasteiger charge is -2.50. The number of carboxylic acids is 1. The van der Waals surface area contributed by atoms with Gasteiger partial charge in [0.2, 0.25) is 0 Å². The summed E-state index contributed by atoms with van der Waals surface area (Å²) in [5, 5.41) is 18.7. The van der Waals surface area contributed by atoms with Crippen LogP contribution in [0.5, 0.6) is 5.75 Å². The number of alkyl halides is 3. The third-order valence-electron chi connectivity index (χ3n) is 5.78. The Bertz CT molecular complexity index is 1200. The summed E-state index contributed by atoms with van der Waals surface area (Å²) in [6.07, 6.45) is -2.36. The molecule has 33 heavy (non-hydrogen) atoms. The maximum Gasteiger partial charge on any atom is 0.420 e. The summed E-state index contributed by atoms with van der Waals surface area (Å²) in [4.78, 5) is 12.0. The lowest BCUT2D eigenvalue weighted by Crippen LogP contribution is -2.60. The van der Waals surface area contributed by atoms with Crippen LogP contribution in [0.1, 0.15) is 22.3 Å². The first-order valence-electron chi connectivity index (χ1n) is 10.1. The highest BCUT2D eigenvalue weighted by molar-refractivity contribution is 5.85. The van der Waals surface area contributed by atoms with Crippen molar-refractivity contribution in [1.82, 2.24) is 0 Å². The predicted molar refractivity (Wildman–Crippen MR) is 116 cm³/mol. The van der Waals surface area contributed by atoms with E-state index in [4.69, 9.17) is 5.11 Å². The number of halogens is 4. The van der Waals surface area contributed by atoms with Crippen molar-refractivity contribution in [3.05, 3.63) is 101 Å². The molecule has 0 saturated carbocycles. The fourth-order valence-electron chi connectivity index (χ4n) is 4.41. The molecule has 0 spiro atoms. The Labute approximate surface area is 187 Å². The lowest BCUT2D eigenvalue weighted by atomic mass is 9.74. The van der Waals surface area contributed by atoms with Crippen LogP contribution in [0.3, 0.4) is 0 Å². The van der Waals surface area contributed by atoms with Crippen molar-refractivity contribution < 1.29 is 32.6 Å². The molecule has 3 aromatic carbocycles. The molecule has 3 aromatic rings. The molecule has 0 aromatic heterocycles. The summed E-state index contributed by atoms with van der Waals surface area (Å²) in [7, 11) is 0. The van der Waals surface area contributed by atoms with Crippen molar-refractivity contribution in [2.45, 2.75) is 18.1 Å². The summed E-state index contributed by atoms with van der Waals surface area (Å²) in [5.74, 6) is -1.86. The summed E-state index contributed by atoms with van der Waals surface area (Å²) in [5.41, 5.74) is -1.74. The monoisotopic (exact) mass is 457 g/mol. The van der Waals surface area contributed by atoms with Crippen molar-refractivity contribution in [2.24, 2.45) is 0 Å². The van der Waals surface area contributed by atoms with E-state index in [0.29, 0.717) is 11.1 Å². The average Bonchev–Trinajstić information content (AvgIpc) is 2.77. The number of rotatable bonds is 4. The molecule has 0 fully saturated rings. The maximum atomic E-state index is 15.2. The van der Waals surface area contributed by atoms with E-state index in [9.17, 15) is 14.3 Å². The van der Waals surface area contributed by atoms with Crippen LogP contribution in [0.4, 0.5) is 23.2 Å². The van der Waals surface area contributed by atoms with Crippen LogP contribution in [0, 0.1) is 5.82 Å². The Morgan fingerprint density at radius 1 is 1.00 bits per heavy atom. The SMILES string of the molecule is O=C(O)C=Cc1ccc([C@]2(C(F)(F)F)c3ccc(O)cc3CCN2c2ccc(F)cc2)cc1. The quantitative estimate of drug-likeness (QED) is 0.401. The zero-order chi connectivity index (χ0) is 23.8. The first-order chi connectivity index (χ1) is 15.6. The Kier molecular flexibility index (Phi) is 5.61. The van der Waals surface area contributed by atoms with Gasteiger partial charge in [-0.25, -0.2) is 9.18 Å². The standard InChI is InChI=1S/C25H19F4NO3/c26-19-6-8-20(9-7-19)30-14-13-17-15-21(31)10-11-22(17)24(30,25(27,28)29)18-4-1-16(2-5-18)3-12-23(32)33/h1-12,15,31H,13-14H2,(H,32,33)/t24-/m1/s1. The van der Waals surface area contributed by atoms with E-state index < -0.39 is 23.5 Å². The summed E-state index contributed by atoms with van der Waals surface area (Å²) >= 11 is 0. The van der Waals surface area contributed by atoms with Gasteiger partial charge in [0.1, 0.15) is 11.6 Å². The minimum Gasteiger partial charge on any atom is -0.508 e. The first kappa shape index (κ1) is 22.4. The summed E-state index contributed by atoms with van der Waals surface area (Å²) < 4.78 is 59.0. The zero-order valence-electron chi connectivity index (χ0n) is 17.2.